The molecule has 0 saturated carbocycles. The molecule has 2 unspecified atom stereocenters. The van der Waals surface area contributed by atoms with Crippen LogP contribution in [0.5, 0.6) is 0 Å². The smallest absolute Gasteiger partial charge is 0.260 e. The number of nitrogens with zero attached hydrogens (tertiary/aromatic N) is 4. The van der Waals surface area contributed by atoms with Crippen LogP contribution in [-0.2, 0) is 0 Å². The summed E-state index contributed by atoms with van der Waals surface area (Å²) in [4.78, 5) is 19.1. The number of aromatic nitrogens is 3. The minimum atomic E-state index is -0.115. The van der Waals surface area contributed by atoms with Crippen LogP contribution in [0.15, 0.2) is 60.9 Å². The summed E-state index contributed by atoms with van der Waals surface area (Å²) in [5.41, 5.74) is 1.71. The van der Waals surface area contributed by atoms with E-state index < -0.39 is 0 Å². The molecule has 1 aliphatic heterocycles. The monoisotopic (exact) mass is 352 g/mol. The highest BCUT2D eigenvalue weighted by Gasteiger charge is 2.36. The van der Waals surface area contributed by atoms with Gasteiger partial charge in [-0.1, -0.05) is 48.0 Å². The molecule has 6 heteroatoms. The minimum absolute atomic E-state index is 0.00612. The van der Waals surface area contributed by atoms with Crippen molar-refractivity contribution in [2.24, 2.45) is 0 Å². The van der Waals surface area contributed by atoms with Gasteiger partial charge in [-0.2, -0.15) is 10.1 Å². The summed E-state index contributed by atoms with van der Waals surface area (Å²) < 4.78 is 1.83. The highest BCUT2D eigenvalue weighted by atomic mass is 35.5. The van der Waals surface area contributed by atoms with Crippen molar-refractivity contribution in [3.63, 3.8) is 0 Å². The average molecular weight is 353 g/mol. The van der Waals surface area contributed by atoms with Gasteiger partial charge in [0.05, 0.1) is 6.04 Å². The molecule has 3 aromatic rings. The van der Waals surface area contributed by atoms with E-state index >= 15 is 0 Å². The van der Waals surface area contributed by atoms with Crippen molar-refractivity contribution in [3.8, 4) is 0 Å². The van der Waals surface area contributed by atoms with E-state index in [4.69, 9.17) is 11.6 Å². The van der Waals surface area contributed by atoms with Gasteiger partial charge in [-0.15, -0.1) is 0 Å². The molecule has 1 aromatic heterocycles. The molecule has 0 fully saturated rings. The first-order valence-electron chi connectivity index (χ1n) is 8.18. The Morgan fingerprint density at radius 2 is 1.96 bits per heavy atom. The zero-order chi connectivity index (χ0) is 17.4. The molecule has 2 aromatic carbocycles. The quantitative estimate of drug-likeness (QED) is 0.701. The number of benzene rings is 2. The largest absolute Gasteiger partial charge is 0.274 e. The number of halogens is 1. The number of amides is 1. The molecule has 4 rings (SSSR count). The number of carbonyl (C=O) groups excluding carboxylic acids is 1. The van der Waals surface area contributed by atoms with E-state index in [-0.39, 0.29) is 18.0 Å². The molecule has 0 saturated heterocycles. The highest BCUT2D eigenvalue weighted by molar-refractivity contribution is 6.31. The van der Waals surface area contributed by atoms with Crippen LogP contribution < -0.4 is 4.90 Å². The van der Waals surface area contributed by atoms with Crippen molar-refractivity contribution in [1.82, 2.24) is 14.8 Å². The van der Waals surface area contributed by atoms with Crippen LogP contribution in [0.25, 0.3) is 0 Å². The number of rotatable bonds is 2. The summed E-state index contributed by atoms with van der Waals surface area (Å²) in [6, 6.07) is 17.2. The minimum Gasteiger partial charge on any atom is -0.274 e. The SMILES string of the molecule is CC1CC(c2ccccc2)n2ncnc2N1C(=O)c1cccc(Cl)c1. The Kier molecular flexibility index (Phi) is 4.01. The molecule has 126 valence electrons. The van der Waals surface area contributed by atoms with Crippen LogP contribution in [0.1, 0.15) is 35.3 Å². The fourth-order valence-electron chi connectivity index (χ4n) is 3.37. The number of hydrogen-bond donors (Lipinski definition) is 0. The molecular formula is C19H17ClN4O. The van der Waals surface area contributed by atoms with Crippen LogP contribution in [0.3, 0.4) is 0 Å². The highest BCUT2D eigenvalue weighted by Crippen LogP contribution is 2.35. The van der Waals surface area contributed by atoms with Crippen LogP contribution in [0.4, 0.5) is 5.95 Å². The fourth-order valence-corrected chi connectivity index (χ4v) is 3.56. The van der Waals surface area contributed by atoms with Crippen LogP contribution >= 0.6 is 11.6 Å². The normalized spacial score (nSPS) is 19.5. The second kappa shape index (κ2) is 6.33. The number of fused-ring (bicyclic) bond motifs is 1. The third-order valence-corrected chi connectivity index (χ3v) is 4.78. The topological polar surface area (TPSA) is 51.0 Å². The second-order valence-electron chi connectivity index (χ2n) is 6.20. The van der Waals surface area contributed by atoms with Crippen LogP contribution in [-0.4, -0.2) is 26.7 Å². The Labute approximate surface area is 150 Å². The van der Waals surface area contributed by atoms with Crippen molar-refractivity contribution >= 4 is 23.5 Å². The van der Waals surface area contributed by atoms with E-state index in [0.717, 1.165) is 12.0 Å². The van der Waals surface area contributed by atoms with Gasteiger partial charge in [-0.05, 0) is 37.1 Å². The molecular weight excluding hydrogens is 336 g/mol. The van der Waals surface area contributed by atoms with Gasteiger partial charge in [0.15, 0.2) is 0 Å². The van der Waals surface area contributed by atoms with Crippen molar-refractivity contribution in [1.29, 1.82) is 0 Å². The first kappa shape index (κ1) is 15.8. The molecule has 1 amide bonds. The predicted molar refractivity (Wildman–Crippen MR) is 96.9 cm³/mol. The van der Waals surface area contributed by atoms with E-state index in [0.29, 0.717) is 16.5 Å². The Bertz CT molecular complexity index is 909. The zero-order valence-corrected chi connectivity index (χ0v) is 14.5. The predicted octanol–water partition coefficient (Wildman–Crippen LogP) is 3.96. The van der Waals surface area contributed by atoms with E-state index in [1.165, 1.54) is 6.33 Å². The number of hydrogen-bond acceptors (Lipinski definition) is 3. The summed E-state index contributed by atoms with van der Waals surface area (Å²) in [5, 5.41) is 4.92. The summed E-state index contributed by atoms with van der Waals surface area (Å²) in [6.45, 7) is 2.04. The summed E-state index contributed by atoms with van der Waals surface area (Å²) >= 11 is 6.04. The molecule has 0 N–H and O–H groups in total. The molecule has 25 heavy (non-hydrogen) atoms. The molecule has 0 radical (unpaired) electrons. The Morgan fingerprint density at radius 1 is 1.16 bits per heavy atom. The maximum atomic E-state index is 13.1. The molecule has 0 aliphatic carbocycles. The van der Waals surface area contributed by atoms with Gasteiger partial charge < -0.3 is 0 Å². The van der Waals surface area contributed by atoms with Crippen LogP contribution in [0.2, 0.25) is 5.02 Å². The van der Waals surface area contributed by atoms with Gasteiger partial charge in [0.25, 0.3) is 5.91 Å². The van der Waals surface area contributed by atoms with Gasteiger partial charge in [0, 0.05) is 16.6 Å². The standard InChI is InChI=1S/C19H17ClN4O/c1-13-10-17(14-6-3-2-4-7-14)24-19(21-12-22-24)23(13)18(25)15-8-5-9-16(20)11-15/h2-9,11-13,17H,10H2,1H3. The first-order valence-corrected chi connectivity index (χ1v) is 8.56. The third kappa shape index (κ3) is 2.81. The Hall–Kier alpha value is -2.66. The average Bonchev–Trinajstić information content (AvgIpc) is 3.10. The molecule has 0 bridgehead atoms. The van der Waals surface area contributed by atoms with Crippen molar-refractivity contribution < 1.29 is 4.79 Å². The van der Waals surface area contributed by atoms with Gasteiger partial charge in [-0.25, -0.2) is 4.68 Å². The van der Waals surface area contributed by atoms with Gasteiger partial charge >= 0.3 is 0 Å². The van der Waals surface area contributed by atoms with Gasteiger partial charge in [-0.3, -0.25) is 9.69 Å². The lowest BCUT2D eigenvalue weighted by molar-refractivity contribution is 0.0966. The second-order valence-corrected chi connectivity index (χ2v) is 6.64. The zero-order valence-electron chi connectivity index (χ0n) is 13.7. The van der Waals surface area contributed by atoms with E-state index in [1.807, 2.05) is 29.8 Å². The lowest BCUT2D eigenvalue weighted by atomic mass is 9.97. The number of anilines is 1. The number of carbonyl (C=O) groups is 1. The lowest BCUT2D eigenvalue weighted by Gasteiger charge is -2.37. The Morgan fingerprint density at radius 3 is 2.72 bits per heavy atom. The summed E-state index contributed by atoms with van der Waals surface area (Å²) in [7, 11) is 0. The van der Waals surface area contributed by atoms with E-state index in [9.17, 15) is 4.79 Å². The molecule has 1 aliphatic rings. The third-order valence-electron chi connectivity index (χ3n) is 4.54. The molecule has 5 nitrogen and oxygen atoms in total. The maximum Gasteiger partial charge on any atom is 0.260 e. The van der Waals surface area contributed by atoms with Gasteiger partial charge in [0.2, 0.25) is 5.95 Å². The van der Waals surface area contributed by atoms with E-state index in [1.54, 1.807) is 29.2 Å². The van der Waals surface area contributed by atoms with E-state index in [2.05, 4.69) is 22.2 Å². The summed E-state index contributed by atoms with van der Waals surface area (Å²) in [5.74, 6) is 0.452. The molecule has 0 spiro atoms. The van der Waals surface area contributed by atoms with Gasteiger partial charge in [0.1, 0.15) is 6.33 Å². The van der Waals surface area contributed by atoms with Crippen LogP contribution in [0, 0.1) is 0 Å². The maximum absolute atomic E-state index is 13.1. The van der Waals surface area contributed by atoms with Crippen molar-refractivity contribution in [2.75, 3.05) is 4.90 Å². The first-order chi connectivity index (χ1) is 12.1. The lowest BCUT2D eigenvalue weighted by Crippen LogP contribution is -2.46. The molecule has 2 atom stereocenters. The van der Waals surface area contributed by atoms with Crippen molar-refractivity contribution in [2.45, 2.75) is 25.4 Å². The molecule has 2 heterocycles. The van der Waals surface area contributed by atoms with Crippen molar-refractivity contribution in [3.05, 3.63) is 77.1 Å². The Balaban J connectivity index is 1.74. The fraction of sp³-hybridized carbons (Fsp3) is 0.211. The summed E-state index contributed by atoms with van der Waals surface area (Å²) in [6.07, 6.45) is 2.27.